The van der Waals surface area contributed by atoms with Gasteiger partial charge in [0.2, 0.25) is 0 Å². The van der Waals surface area contributed by atoms with Gasteiger partial charge in [-0.3, -0.25) is 9.78 Å². The van der Waals surface area contributed by atoms with Gasteiger partial charge in [0.15, 0.2) is 5.78 Å². The Kier molecular flexibility index (Phi) is 3.57. The van der Waals surface area contributed by atoms with Crippen molar-refractivity contribution in [1.82, 2.24) is 4.98 Å². The van der Waals surface area contributed by atoms with Crippen molar-refractivity contribution in [1.29, 1.82) is 0 Å². The second kappa shape index (κ2) is 6.28. The lowest BCUT2D eigenvalue weighted by Gasteiger charge is -2.35. The molecule has 0 saturated carbocycles. The number of carbonyl (C=O) groups excluding carboxylic acids is 1. The van der Waals surface area contributed by atoms with Crippen molar-refractivity contribution in [3.63, 3.8) is 0 Å². The van der Waals surface area contributed by atoms with Crippen molar-refractivity contribution in [2.45, 2.75) is 25.2 Å². The Morgan fingerprint density at radius 2 is 1.72 bits per heavy atom. The first kappa shape index (κ1) is 16.5. The standard InChI is InChI=1S/C26H20N2O/c29-23-12-4-11-21-26(23)25(18-9-3-7-16-6-1-2-8-17(16)18)24-19-10-5-15-27-20(19)13-14-22(24)28-21/h1-3,5-10,13-15,25,28H,4,11-12H2. The zero-order valence-corrected chi connectivity index (χ0v) is 16.0. The minimum atomic E-state index is -0.0759. The van der Waals surface area contributed by atoms with E-state index >= 15 is 0 Å². The predicted octanol–water partition coefficient (Wildman–Crippen LogP) is 5.95. The summed E-state index contributed by atoms with van der Waals surface area (Å²) < 4.78 is 0. The van der Waals surface area contributed by atoms with Crippen LogP contribution in [0.25, 0.3) is 21.7 Å². The third-order valence-electron chi connectivity index (χ3n) is 6.28. The number of allylic oxidation sites excluding steroid dienone is 2. The van der Waals surface area contributed by atoms with Crippen molar-refractivity contribution in [3.05, 3.63) is 95.3 Å². The smallest absolute Gasteiger partial charge is 0.161 e. The van der Waals surface area contributed by atoms with Crippen LogP contribution in [0.15, 0.2) is 84.2 Å². The molecule has 1 aliphatic heterocycles. The number of nitrogens with zero attached hydrogens (tertiary/aromatic N) is 1. The molecule has 0 spiro atoms. The van der Waals surface area contributed by atoms with E-state index in [1.54, 1.807) is 0 Å². The largest absolute Gasteiger partial charge is 0.358 e. The van der Waals surface area contributed by atoms with E-state index in [0.717, 1.165) is 40.7 Å². The number of hydrogen-bond donors (Lipinski definition) is 1. The number of benzene rings is 3. The lowest BCUT2D eigenvalue weighted by atomic mass is 9.73. The maximum absolute atomic E-state index is 13.2. The second-order valence-corrected chi connectivity index (χ2v) is 7.89. The van der Waals surface area contributed by atoms with Crippen LogP contribution in [0.3, 0.4) is 0 Å². The Hall–Kier alpha value is -3.46. The minimum absolute atomic E-state index is 0.0759. The van der Waals surface area contributed by atoms with Gasteiger partial charge in [0.25, 0.3) is 0 Å². The van der Waals surface area contributed by atoms with E-state index in [-0.39, 0.29) is 11.7 Å². The fourth-order valence-corrected chi connectivity index (χ4v) is 5.04. The first-order chi connectivity index (χ1) is 14.3. The Balaban J connectivity index is 1.73. The number of carbonyl (C=O) groups is 1. The molecular weight excluding hydrogens is 356 g/mol. The lowest BCUT2D eigenvalue weighted by molar-refractivity contribution is -0.116. The van der Waals surface area contributed by atoms with E-state index in [2.05, 4.69) is 71.0 Å². The highest BCUT2D eigenvalue weighted by molar-refractivity contribution is 6.05. The Labute approximate surface area is 169 Å². The number of hydrogen-bond acceptors (Lipinski definition) is 3. The molecule has 1 atom stereocenters. The van der Waals surface area contributed by atoms with Gasteiger partial charge >= 0.3 is 0 Å². The number of aromatic nitrogens is 1. The van der Waals surface area contributed by atoms with Crippen LogP contribution in [0.5, 0.6) is 0 Å². The van der Waals surface area contributed by atoms with E-state index < -0.39 is 0 Å². The van der Waals surface area contributed by atoms with Crippen LogP contribution in [0.4, 0.5) is 5.69 Å². The highest BCUT2D eigenvalue weighted by atomic mass is 16.1. The number of fused-ring (bicyclic) bond motifs is 4. The van der Waals surface area contributed by atoms with Gasteiger partial charge in [-0.2, -0.15) is 0 Å². The SMILES string of the molecule is O=C1CCCC2=C1C(c1cccc3ccccc13)c1c(ccc3ncccc13)N2. The highest BCUT2D eigenvalue weighted by Crippen LogP contribution is 2.49. The number of ketones is 1. The molecule has 1 aromatic heterocycles. The molecule has 6 rings (SSSR count). The molecule has 3 aromatic carbocycles. The summed E-state index contributed by atoms with van der Waals surface area (Å²) in [7, 11) is 0. The van der Waals surface area contributed by atoms with E-state index in [0.29, 0.717) is 6.42 Å². The molecule has 0 amide bonds. The summed E-state index contributed by atoms with van der Waals surface area (Å²) in [6, 6.07) is 23.2. The van der Waals surface area contributed by atoms with Crippen LogP contribution >= 0.6 is 0 Å². The quantitative estimate of drug-likeness (QED) is 0.446. The fourth-order valence-electron chi connectivity index (χ4n) is 5.04. The zero-order valence-electron chi connectivity index (χ0n) is 16.0. The van der Waals surface area contributed by atoms with E-state index in [4.69, 9.17) is 0 Å². The summed E-state index contributed by atoms with van der Waals surface area (Å²) in [4.78, 5) is 17.8. The number of nitrogens with one attached hydrogen (secondary N) is 1. The van der Waals surface area contributed by atoms with E-state index in [1.807, 2.05) is 12.3 Å². The topological polar surface area (TPSA) is 42.0 Å². The minimum Gasteiger partial charge on any atom is -0.358 e. The van der Waals surface area contributed by atoms with Gasteiger partial charge in [-0.15, -0.1) is 0 Å². The molecular formula is C26H20N2O. The van der Waals surface area contributed by atoms with Gasteiger partial charge in [-0.05, 0) is 52.9 Å². The summed E-state index contributed by atoms with van der Waals surface area (Å²) in [6.07, 6.45) is 4.29. The van der Waals surface area contributed by atoms with Crippen molar-refractivity contribution in [2.24, 2.45) is 0 Å². The van der Waals surface area contributed by atoms with Crippen molar-refractivity contribution < 1.29 is 4.79 Å². The molecule has 0 bridgehead atoms. The van der Waals surface area contributed by atoms with Gasteiger partial charge in [0, 0.05) is 40.9 Å². The van der Waals surface area contributed by atoms with Crippen LogP contribution < -0.4 is 5.32 Å². The first-order valence-electron chi connectivity index (χ1n) is 10.2. The second-order valence-electron chi connectivity index (χ2n) is 7.89. The van der Waals surface area contributed by atoms with Gasteiger partial charge in [0.05, 0.1) is 5.52 Å². The van der Waals surface area contributed by atoms with Crippen LogP contribution in [0.1, 0.15) is 36.3 Å². The molecule has 1 aliphatic carbocycles. The molecule has 1 unspecified atom stereocenters. The fraction of sp³-hybridized carbons (Fsp3) is 0.154. The summed E-state index contributed by atoms with van der Waals surface area (Å²) in [5.74, 6) is 0.191. The molecule has 3 nitrogen and oxygen atoms in total. The van der Waals surface area contributed by atoms with Gasteiger partial charge in [-0.25, -0.2) is 0 Å². The first-order valence-corrected chi connectivity index (χ1v) is 10.2. The lowest BCUT2D eigenvalue weighted by Crippen LogP contribution is -2.27. The molecule has 0 radical (unpaired) electrons. The summed E-state index contributed by atoms with van der Waals surface area (Å²) in [5, 5.41) is 7.12. The van der Waals surface area contributed by atoms with Gasteiger partial charge in [0.1, 0.15) is 0 Å². The summed E-state index contributed by atoms with van der Waals surface area (Å²) >= 11 is 0. The van der Waals surface area contributed by atoms with Gasteiger partial charge < -0.3 is 5.32 Å². The molecule has 1 N–H and O–H groups in total. The Bertz CT molecular complexity index is 1330. The maximum Gasteiger partial charge on any atom is 0.161 e. The number of pyridine rings is 1. The highest BCUT2D eigenvalue weighted by Gasteiger charge is 2.36. The molecule has 2 heterocycles. The molecule has 3 heteroatoms. The molecule has 0 saturated heterocycles. The zero-order chi connectivity index (χ0) is 19.4. The maximum atomic E-state index is 13.2. The molecule has 140 valence electrons. The third kappa shape index (κ3) is 2.44. The molecule has 2 aliphatic rings. The van der Waals surface area contributed by atoms with Crippen LogP contribution in [0, 0.1) is 0 Å². The van der Waals surface area contributed by atoms with Crippen LogP contribution in [0.2, 0.25) is 0 Å². The average Bonchev–Trinajstić information content (AvgIpc) is 2.77. The van der Waals surface area contributed by atoms with Gasteiger partial charge in [-0.1, -0.05) is 48.5 Å². The molecule has 0 fully saturated rings. The summed E-state index contributed by atoms with van der Waals surface area (Å²) in [5.41, 5.74) is 6.46. The third-order valence-corrected chi connectivity index (χ3v) is 6.28. The van der Waals surface area contributed by atoms with Crippen molar-refractivity contribution in [2.75, 3.05) is 5.32 Å². The average molecular weight is 376 g/mol. The number of rotatable bonds is 1. The van der Waals surface area contributed by atoms with E-state index in [1.165, 1.54) is 21.9 Å². The number of Topliss-reactive ketones (excluding diaryl/α,β-unsaturated/α-hetero) is 1. The normalized spacial score (nSPS) is 18.5. The van der Waals surface area contributed by atoms with Crippen LogP contribution in [-0.2, 0) is 4.79 Å². The Morgan fingerprint density at radius 1 is 0.862 bits per heavy atom. The monoisotopic (exact) mass is 376 g/mol. The Morgan fingerprint density at radius 3 is 2.69 bits per heavy atom. The van der Waals surface area contributed by atoms with Crippen LogP contribution in [-0.4, -0.2) is 10.8 Å². The molecule has 4 aromatic rings. The van der Waals surface area contributed by atoms with Crippen molar-refractivity contribution >= 4 is 33.1 Å². The number of anilines is 1. The molecule has 29 heavy (non-hydrogen) atoms. The van der Waals surface area contributed by atoms with E-state index in [9.17, 15) is 4.79 Å². The summed E-state index contributed by atoms with van der Waals surface area (Å²) in [6.45, 7) is 0. The predicted molar refractivity (Wildman–Crippen MR) is 117 cm³/mol. The van der Waals surface area contributed by atoms with Crippen molar-refractivity contribution in [3.8, 4) is 0 Å².